The standard InChI is InChI=1S/C15H20N2O/c1-4-13-6-8-15(9-7-13)18-11-14-10-12(3)16-17(14)5-2/h6-10H,4-5,11H2,1-3H3. The van der Waals surface area contributed by atoms with E-state index >= 15 is 0 Å². The third-order valence-corrected chi connectivity index (χ3v) is 3.00. The van der Waals surface area contributed by atoms with Gasteiger partial charge in [0.05, 0.1) is 11.4 Å². The van der Waals surface area contributed by atoms with Gasteiger partial charge < -0.3 is 4.74 Å². The zero-order valence-corrected chi connectivity index (χ0v) is 11.3. The van der Waals surface area contributed by atoms with E-state index in [1.807, 2.05) is 23.7 Å². The minimum atomic E-state index is 0.570. The highest BCUT2D eigenvalue weighted by atomic mass is 16.5. The summed E-state index contributed by atoms with van der Waals surface area (Å²) >= 11 is 0. The molecule has 3 nitrogen and oxygen atoms in total. The Bertz CT molecular complexity index is 500. The number of ether oxygens (including phenoxy) is 1. The quantitative estimate of drug-likeness (QED) is 0.806. The van der Waals surface area contributed by atoms with Crippen LogP contribution >= 0.6 is 0 Å². The zero-order chi connectivity index (χ0) is 13.0. The van der Waals surface area contributed by atoms with Gasteiger partial charge >= 0.3 is 0 Å². The summed E-state index contributed by atoms with van der Waals surface area (Å²) in [5, 5.41) is 4.41. The highest BCUT2D eigenvalue weighted by Crippen LogP contribution is 2.15. The fourth-order valence-electron chi connectivity index (χ4n) is 1.97. The summed E-state index contributed by atoms with van der Waals surface area (Å²) in [6, 6.07) is 10.3. The van der Waals surface area contributed by atoms with E-state index < -0.39 is 0 Å². The van der Waals surface area contributed by atoms with E-state index in [2.05, 4.69) is 37.1 Å². The number of hydrogen-bond acceptors (Lipinski definition) is 2. The molecule has 0 aliphatic heterocycles. The number of benzene rings is 1. The minimum absolute atomic E-state index is 0.570. The van der Waals surface area contributed by atoms with Crippen LogP contribution < -0.4 is 4.74 Å². The maximum atomic E-state index is 5.79. The summed E-state index contributed by atoms with van der Waals surface area (Å²) in [5.74, 6) is 0.911. The Morgan fingerprint density at radius 1 is 1.17 bits per heavy atom. The van der Waals surface area contributed by atoms with Gasteiger partial charge in [-0.05, 0) is 44.0 Å². The fourth-order valence-corrected chi connectivity index (χ4v) is 1.97. The molecule has 0 amide bonds. The molecule has 0 unspecified atom stereocenters. The van der Waals surface area contributed by atoms with E-state index in [1.54, 1.807) is 0 Å². The zero-order valence-electron chi connectivity index (χ0n) is 11.3. The lowest BCUT2D eigenvalue weighted by molar-refractivity contribution is 0.292. The van der Waals surface area contributed by atoms with Crippen LogP contribution in [-0.4, -0.2) is 9.78 Å². The molecule has 0 radical (unpaired) electrons. The monoisotopic (exact) mass is 244 g/mol. The fraction of sp³-hybridized carbons (Fsp3) is 0.400. The number of aryl methyl sites for hydroxylation is 3. The first-order valence-corrected chi connectivity index (χ1v) is 6.48. The molecule has 0 fully saturated rings. The molecule has 0 aliphatic carbocycles. The summed E-state index contributed by atoms with van der Waals surface area (Å²) < 4.78 is 7.77. The Labute approximate surface area is 108 Å². The van der Waals surface area contributed by atoms with Crippen molar-refractivity contribution in [3.8, 4) is 5.75 Å². The van der Waals surface area contributed by atoms with Gasteiger partial charge in [-0.3, -0.25) is 4.68 Å². The predicted octanol–water partition coefficient (Wildman–Crippen LogP) is 3.35. The molecule has 3 heteroatoms. The first-order chi connectivity index (χ1) is 8.72. The minimum Gasteiger partial charge on any atom is -0.487 e. The summed E-state index contributed by atoms with van der Waals surface area (Å²) in [6.45, 7) is 7.69. The van der Waals surface area contributed by atoms with Crippen molar-refractivity contribution < 1.29 is 4.74 Å². The summed E-state index contributed by atoms with van der Waals surface area (Å²) in [7, 11) is 0. The first kappa shape index (κ1) is 12.7. The van der Waals surface area contributed by atoms with Crippen LogP contribution in [0.4, 0.5) is 0 Å². The molecule has 2 aromatic rings. The maximum absolute atomic E-state index is 5.79. The molecule has 0 spiro atoms. The van der Waals surface area contributed by atoms with Gasteiger partial charge in [-0.1, -0.05) is 19.1 Å². The number of rotatable bonds is 5. The van der Waals surface area contributed by atoms with Crippen LogP contribution in [0.5, 0.6) is 5.75 Å². The van der Waals surface area contributed by atoms with Crippen LogP contribution in [0, 0.1) is 6.92 Å². The van der Waals surface area contributed by atoms with Crippen LogP contribution in [0.1, 0.15) is 30.8 Å². The molecule has 1 heterocycles. The van der Waals surface area contributed by atoms with Crippen molar-refractivity contribution in [2.75, 3.05) is 0 Å². The molecular weight excluding hydrogens is 224 g/mol. The van der Waals surface area contributed by atoms with Gasteiger partial charge in [0.25, 0.3) is 0 Å². The Morgan fingerprint density at radius 3 is 2.50 bits per heavy atom. The van der Waals surface area contributed by atoms with Crippen molar-refractivity contribution in [2.45, 2.75) is 40.3 Å². The van der Waals surface area contributed by atoms with Crippen molar-refractivity contribution in [1.29, 1.82) is 0 Å². The second kappa shape index (κ2) is 5.71. The lowest BCUT2D eigenvalue weighted by Gasteiger charge is -2.08. The van der Waals surface area contributed by atoms with E-state index in [1.165, 1.54) is 5.56 Å². The molecule has 1 aromatic carbocycles. The molecule has 0 saturated heterocycles. The summed E-state index contributed by atoms with van der Waals surface area (Å²) in [4.78, 5) is 0. The van der Waals surface area contributed by atoms with Crippen molar-refractivity contribution in [3.05, 3.63) is 47.3 Å². The van der Waals surface area contributed by atoms with Crippen molar-refractivity contribution in [3.63, 3.8) is 0 Å². The smallest absolute Gasteiger partial charge is 0.130 e. The summed E-state index contributed by atoms with van der Waals surface area (Å²) in [5.41, 5.74) is 3.49. The molecule has 96 valence electrons. The molecule has 0 saturated carbocycles. The number of hydrogen-bond donors (Lipinski definition) is 0. The molecule has 0 bridgehead atoms. The Balaban J connectivity index is 2.01. The highest BCUT2D eigenvalue weighted by molar-refractivity contribution is 5.27. The normalized spacial score (nSPS) is 10.6. The second-order valence-electron chi connectivity index (χ2n) is 4.38. The molecule has 1 aromatic heterocycles. The lowest BCUT2D eigenvalue weighted by atomic mass is 10.2. The first-order valence-electron chi connectivity index (χ1n) is 6.48. The topological polar surface area (TPSA) is 27.1 Å². The Kier molecular flexibility index (Phi) is 4.03. The van der Waals surface area contributed by atoms with Gasteiger partial charge in [-0.15, -0.1) is 0 Å². The van der Waals surface area contributed by atoms with Crippen molar-refractivity contribution >= 4 is 0 Å². The maximum Gasteiger partial charge on any atom is 0.130 e. The van der Waals surface area contributed by atoms with Crippen molar-refractivity contribution in [2.24, 2.45) is 0 Å². The third-order valence-electron chi connectivity index (χ3n) is 3.00. The number of nitrogens with zero attached hydrogens (tertiary/aromatic N) is 2. The van der Waals surface area contributed by atoms with Crippen LogP contribution in [0.25, 0.3) is 0 Å². The largest absolute Gasteiger partial charge is 0.487 e. The third kappa shape index (κ3) is 2.92. The van der Waals surface area contributed by atoms with E-state index in [0.717, 1.165) is 30.1 Å². The van der Waals surface area contributed by atoms with Crippen LogP contribution in [0.15, 0.2) is 30.3 Å². The van der Waals surface area contributed by atoms with Gasteiger partial charge in [-0.25, -0.2) is 0 Å². The van der Waals surface area contributed by atoms with Gasteiger partial charge in [0.2, 0.25) is 0 Å². The Hall–Kier alpha value is -1.77. The van der Waals surface area contributed by atoms with E-state index in [4.69, 9.17) is 4.74 Å². The van der Waals surface area contributed by atoms with E-state index in [9.17, 15) is 0 Å². The van der Waals surface area contributed by atoms with Gasteiger partial charge in [0, 0.05) is 6.54 Å². The van der Waals surface area contributed by atoms with Gasteiger partial charge in [-0.2, -0.15) is 5.10 Å². The average Bonchev–Trinajstić information content (AvgIpc) is 2.77. The molecule has 18 heavy (non-hydrogen) atoms. The highest BCUT2D eigenvalue weighted by Gasteiger charge is 2.04. The average molecular weight is 244 g/mol. The van der Waals surface area contributed by atoms with Crippen LogP contribution in [0.3, 0.4) is 0 Å². The SMILES string of the molecule is CCc1ccc(OCc2cc(C)nn2CC)cc1. The van der Waals surface area contributed by atoms with Crippen LogP contribution in [0.2, 0.25) is 0 Å². The second-order valence-corrected chi connectivity index (χ2v) is 4.38. The van der Waals surface area contributed by atoms with Gasteiger partial charge in [0.15, 0.2) is 0 Å². The Morgan fingerprint density at radius 2 is 1.89 bits per heavy atom. The van der Waals surface area contributed by atoms with Crippen LogP contribution in [-0.2, 0) is 19.6 Å². The van der Waals surface area contributed by atoms with E-state index in [-0.39, 0.29) is 0 Å². The van der Waals surface area contributed by atoms with Crippen molar-refractivity contribution in [1.82, 2.24) is 9.78 Å². The molecule has 2 rings (SSSR count). The molecule has 0 N–H and O–H groups in total. The predicted molar refractivity (Wildman–Crippen MR) is 72.8 cm³/mol. The van der Waals surface area contributed by atoms with Gasteiger partial charge in [0.1, 0.15) is 12.4 Å². The molecular formula is C15H20N2O. The molecule has 0 atom stereocenters. The molecule has 0 aliphatic rings. The number of aromatic nitrogens is 2. The van der Waals surface area contributed by atoms with E-state index in [0.29, 0.717) is 6.61 Å². The summed E-state index contributed by atoms with van der Waals surface area (Å²) in [6.07, 6.45) is 1.06. The lowest BCUT2D eigenvalue weighted by Crippen LogP contribution is -2.06.